The quantitative estimate of drug-likeness (QED) is 0.882. The summed E-state index contributed by atoms with van der Waals surface area (Å²) in [7, 11) is 0. The van der Waals surface area contributed by atoms with E-state index in [1.165, 1.54) is 12.8 Å². The second-order valence-corrected chi connectivity index (χ2v) is 6.26. The highest BCUT2D eigenvalue weighted by Gasteiger charge is 2.27. The van der Waals surface area contributed by atoms with Gasteiger partial charge in [0.2, 0.25) is 0 Å². The molecule has 23 heavy (non-hydrogen) atoms. The number of urea groups is 1. The molecule has 1 aliphatic carbocycles. The fourth-order valence-corrected chi connectivity index (χ4v) is 3.20. The molecule has 0 spiro atoms. The van der Waals surface area contributed by atoms with E-state index in [1.807, 2.05) is 35.2 Å². The van der Waals surface area contributed by atoms with E-state index in [1.54, 1.807) is 18.3 Å². The molecule has 1 aliphatic rings. The summed E-state index contributed by atoms with van der Waals surface area (Å²) in [5.41, 5.74) is 1.62. The lowest BCUT2D eigenvalue weighted by molar-refractivity contribution is 0.183. The van der Waals surface area contributed by atoms with E-state index < -0.39 is 0 Å². The number of aromatic nitrogens is 1. The summed E-state index contributed by atoms with van der Waals surface area (Å²) in [6.45, 7) is 0.526. The molecule has 5 heteroatoms. The lowest BCUT2D eigenvalue weighted by atomic mass is 10.2. The molecule has 0 atom stereocenters. The van der Waals surface area contributed by atoms with Crippen LogP contribution in [0.25, 0.3) is 0 Å². The first-order valence-electron chi connectivity index (χ1n) is 7.95. The zero-order valence-electron chi connectivity index (χ0n) is 12.9. The van der Waals surface area contributed by atoms with Crippen LogP contribution in [0.4, 0.5) is 10.5 Å². The van der Waals surface area contributed by atoms with Crippen LogP contribution in [0.5, 0.6) is 0 Å². The lowest BCUT2D eigenvalue weighted by Gasteiger charge is -2.29. The van der Waals surface area contributed by atoms with Crippen LogP contribution < -0.4 is 5.32 Å². The number of carbonyl (C=O) groups is 1. The standard InChI is InChI=1S/C18H20ClN3O/c19-14-6-5-8-15(12-14)21-18(23)22(17-9-1-2-10-17)13-16-7-3-4-11-20-16/h3-8,11-12,17H,1-2,9-10,13H2,(H,21,23). The minimum Gasteiger partial charge on any atom is -0.316 e. The van der Waals surface area contributed by atoms with Crippen LogP contribution >= 0.6 is 11.6 Å². The first-order valence-corrected chi connectivity index (χ1v) is 8.33. The molecule has 0 unspecified atom stereocenters. The molecule has 0 bridgehead atoms. The molecule has 1 fully saturated rings. The number of hydrogen-bond acceptors (Lipinski definition) is 2. The van der Waals surface area contributed by atoms with Crippen molar-refractivity contribution in [3.63, 3.8) is 0 Å². The Morgan fingerprint density at radius 2 is 2.04 bits per heavy atom. The molecule has 3 rings (SSSR count). The fraction of sp³-hybridized carbons (Fsp3) is 0.333. The van der Waals surface area contributed by atoms with E-state index in [2.05, 4.69) is 10.3 Å². The van der Waals surface area contributed by atoms with E-state index in [-0.39, 0.29) is 12.1 Å². The van der Waals surface area contributed by atoms with Crippen molar-refractivity contribution < 1.29 is 4.79 Å². The van der Waals surface area contributed by atoms with E-state index >= 15 is 0 Å². The van der Waals surface area contributed by atoms with Crippen molar-refractivity contribution in [2.75, 3.05) is 5.32 Å². The van der Waals surface area contributed by atoms with Crippen molar-refractivity contribution >= 4 is 23.3 Å². The Morgan fingerprint density at radius 1 is 1.22 bits per heavy atom. The first kappa shape index (κ1) is 15.8. The highest BCUT2D eigenvalue weighted by Crippen LogP contribution is 2.26. The van der Waals surface area contributed by atoms with Crippen molar-refractivity contribution in [3.05, 3.63) is 59.4 Å². The van der Waals surface area contributed by atoms with Gasteiger partial charge >= 0.3 is 6.03 Å². The molecule has 1 aromatic heterocycles. The smallest absolute Gasteiger partial charge is 0.316 e. The average molecular weight is 330 g/mol. The van der Waals surface area contributed by atoms with Crippen LogP contribution in [-0.2, 0) is 6.54 Å². The maximum atomic E-state index is 12.8. The largest absolute Gasteiger partial charge is 0.322 e. The lowest BCUT2D eigenvalue weighted by Crippen LogP contribution is -2.41. The zero-order chi connectivity index (χ0) is 16.1. The molecular formula is C18H20ClN3O. The van der Waals surface area contributed by atoms with Gasteiger partial charge in [-0.2, -0.15) is 0 Å². The van der Waals surface area contributed by atoms with Crippen molar-refractivity contribution in [2.45, 2.75) is 38.3 Å². The van der Waals surface area contributed by atoms with E-state index in [9.17, 15) is 4.79 Å². The summed E-state index contributed by atoms with van der Waals surface area (Å²) in [6, 6.07) is 13.2. The molecule has 4 nitrogen and oxygen atoms in total. The van der Waals surface area contributed by atoms with Gasteiger partial charge in [-0.1, -0.05) is 36.6 Å². The van der Waals surface area contributed by atoms with Crippen LogP contribution in [0.3, 0.4) is 0 Å². The highest BCUT2D eigenvalue weighted by molar-refractivity contribution is 6.30. The molecule has 0 saturated heterocycles. The predicted molar refractivity (Wildman–Crippen MR) is 92.5 cm³/mol. The molecule has 1 N–H and O–H groups in total. The number of nitrogens with one attached hydrogen (secondary N) is 1. The Labute approximate surface area is 141 Å². The summed E-state index contributed by atoms with van der Waals surface area (Å²) in [5, 5.41) is 3.57. The Balaban J connectivity index is 1.75. The van der Waals surface area contributed by atoms with Crippen molar-refractivity contribution in [2.24, 2.45) is 0 Å². The third kappa shape index (κ3) is 4.23. The van der Waals surface area contributed by atoms with Crippen LogP contribution in [0.1, 0.15) is 31.4 Å². The van der Waals surface area contributed by atoms with Gasteiger partial charge in [0.1, 0.15) is 0 Å². The second kappa shape index (κ2) is 7.47. The number of amides is 2. The maximum Gasteiger partial charge on any atom is 0.322 e. The second-order valence-electron chi connectivity index (χ2n) is 5.83. The van der Waals surface area contributed by atoms with Gasteiger partial charge in [-0.15, -0.1) is 0 Å². The summed E-state index contributed by atoms with van der Waals surface area (Å²) in [6.07, 6.45) is 6.21. The number of benzene rings is 1. The van der Waals surface area contributed by atoms with E-state index in [0.29, 0.717) is 17.3 Å². The third-order valence-corrected chi connectivity index (χ3v) is 4.40. The highest BCUT2D eigenvalue weighted by atomic mass is 35.5. The molecule has 2 aromatic rings. The summed E-state index contributed by atoms with van der Waals surface area (Å²) in [4.78, 5) is 19.0. The van der Waals surface area contributed by atoms with Gasteiger partial charge in [0.15, 0.2) is 0 Å². The Morgan fingerprint density at radius 3 is 2.74 bits per heavy atom. The van der Waals surface area contributed by atoms with Crippen LogP contribution in [0.2, 0.25) is 5.02 Å². The minimum absolute atomic E-state index is 0.0928. The SMILES string of the molecule is O=C(Nc1cccc(Cl)c1)N(Cc1ccccn1)C1CCCC1. The Kier molecular flexibility index (Phi) is 5.13. The van der Waals surface area contributed by atoms with Gasteiger partial charge in [0, 0.05) is 22.9 Å². The summed E-state index contributed by atoms with van der Waals surface area (Å²) >= 11 is 5.99. The number of halogens is 1. The van der Waals surface area contributed by atoms with Gasteiger partial charge < -0.3 is 10.2 Å². The first-order chi connectivity index (χ1) is 11.2. The Hall–Kier alpha value is -2.07. The topological polar surface area (TPSA) is 45.2 Å². The molecule has 120 valence electrons. The third-order valence-electron chi connectivity index (χ3n) is 4.16. The van der Waals surface area contributed by atoms with Crippen LogP contribution in [0.15, 0.2) is 48.7 Å². The van der Waals surface area contributed by atoms with Gasteiger partial charge in [0.25, 0.3) is 0 Å². The molecule has 1 saturated carbocycles. The van der Waals surface area contributed by atoms with Gasteiger partial charge in [-0.25, -0.2) is 4.79 Å². The minimum atomic E-state index is -0.0928. The Bertz CT molecular complexity index is 656. The predicted octanol–water partition coefficient (Wildman–Crippen LogP) is 4.71. The van der Waals surface area contributed by atoms with Crippen molar-refractivity contribution in [3.8, 4) is 0 Å². The molecule has 2 amide bonds. The van der Waals surface area contributed by atoms with E-state index in [0.717, 1.165) is 18.5 Å². The van der Waals surface area contributed by atoms with Crippen LogP contribution in [-0.4, -0.2) is 22.0 Å². The monoisotopic (exact) mass is 329 g/mol. The maximum absolute atomic E-state index is 12.8. The number of anilines is 1. The molecule has 0 aliphatic heterocycles. The molecule has 1 aromatic carbocycles. The number of pyridine rings is 1. The van der Waals surface area contributed by atoms with Crippen molar-refractivity contribution in [1.82, 2.24) is 9.88 Å². The van der Waals surface area contributed by atoms with E-state index in [4.69, 9.17) is 11.6 Å². The van der Waals surface area contributed by atoms with Gasteiger partial charge in [-0.05, 0) is 43.2 Å². The summed E-state index contributed by atoms with van der Waals surface area (Å²) < 4.78 is 0. The number of rotatable bonds is 4. The van der Waals surface area contributed by atoms with Crippen molar-refractivity contribution in [1.29, 1.82) is 0 Å². The number of carbonyl (C=O) groups excluding carboxylic acids is 1. The number of nitrogens with zero attached hydrogens (tertiary/aromatic N) is 2. The molecule has 0 radical (unpaired) electrons. The van der Waals surface area contributed by atoms with Gasteiger partial charge in [0.05, 0.1) is 12.2 Å². The van der Waals surface area contributed by atoms with Gasteiger partial charge in [-0.3, -0.25) is 4.98 Å². The molecular weight excluding hydrogens is 310 g/mol. The zero-order valence-corrected chi connectivity index (χ0v) is 13.7. The van der Waals surface area contributed by atoms with Crippen LogP contribution in [0, 0.1) is 0 Å². The fourth-order valence-electron chi connectivity index (χ4n) is 3.01. The molecule has 1 heterocycles. The average Bonchev–Trinajstić information content (AvgIpc) is 3.07. The number of hydrogen-bond donors (Lipinski definition) is 1. The normalized spacial score (nSPS) is 14.7. The summed E-state index contributed by atoms with van der Waals surface area (Å²) in [5.74, 6) is 0.